The molecule has 0 saturated heterocycles. The molecular weight excluding hydrogens is 389 g/mol. The van der Waals surface area contributed by atoms with Crippen LogP contribution in [-0.4, -0.2) is 31.4 Å². The predicted molar refractivity (Wildman–Crippen MR) is 92.5 cm³/mol. The van der Waals surface area contributed by atoms with Crippen LogP contribution < -0.4 is 5.73 Å². The van der Waals surface area contributed by atoms with Crippen molar-refractivity contribution in [1.82, 2.24) is 19.5 Å². The maximum Gasteiger partial charge on any atom is 0.458 e. The Kier molecular flexibility index (Phi) is 4.74. The monoisotopic (exact) mass is 403 g/mol. The van der Waals surface area contributed by atoms with E-state index in [4.69, 9.17) is 5.73 Å². The van der Waals surface area contributed by atoms with Crippen LogP contribution in [0.3, 0.4) is 0 Å². The molecule has 0 unspecified atom stereocenters. The molecule has 144 valence electrons. The smallest absolute Gasteiger partial charge is 0.397 e. The Morgan fingerprint density at radius 2 is 1.81 bits per heavy atom. The van der Waals surface area contributed by atoms with Crippen molar-refractivity contribution >= 4 is 28.6 Å². The van der Waals surface area contributed by atoms with Gasteiger partial charge >= 0.3 is 12.1 Å². The van der Waals surface area contributed by atoms with Crippen molar-refractivity contribution in [1.29, 1.82) is 0 Å². The summed E-state index contributed by atoms with van der Waals surface area (Å²) < 4.78 is 66.5. The summed E-state index contributed by atoms with van der Waals surface area (Å²) in [4.78, 5) is 12.9. The van der Waals surface area contributed by atoms with Gasteiger partial charge in [0.1, 0.15) is 11.2 Å². The number of nitrogen functional groups attached to an aromatic ring is 1. The van der Waals surface area contributed by atoms with E-state index in [2.05, 4.69) is 15.0 Å². The fourth-order valence-corrected chi connectivity index (χ4v) is 3.33. The number of halogens is 5. The van der Waals surface area contributed by atoms with E-state index in [0.717, 1.165) is 10.6 Å². The molecule has 3 heterocycles. The van der Waals surface area contributed by atoms with E-state index >= 15 is 0 Å². The first-order valence-electron chi connectivity index (χ1n) is 7.72. The van der Waals surface area contributed by atoms with Gasteiger partial charge in [-0.3, -0.25) is 0 Å². The molecule has 5 nitrogen and oxygen atoms in total. The summed E-state index contributed by atoms with van der Waals surface area (Å²) in [7, 11) is 1.58. The van der Waals surface area contributed by atoms with E-state index < -0.39 is 17.7 Å². The van der Waals surface area contributed by atoms with Gasteiger partial charge in [-0.1, -0.05) is 6.92 Å². The summed E-state index contributed by atoms with van der Waals surface area (Å²) in [5, 5.41) is 0. The number of rotatable bonds is 4. The molecule has 0 aliphatic rings. The molecule has 0 amide bonds. The molecule has 2 N–H and O–H groups in total. The Labute approximate surface area is 154 Å². The third-order valence-corrected chi connectivity index (χ3v) is 4.72. The second-order valence-electron chi connectivity index (χ2n) is 5.68. The van der Waals surface area contributed by atoms with Gasteiger partial charge in [-0.05, 0) is 17.9 Å². The van der Waals surface area contributed by atoms with Gasteiger partial charge < -0.3 is 10.3 Å². The number of anilines is 1. The number of aryl methyl sites for hydroxylation is 1. The largest absolute Gasteiger partial charge is 0.458 e. The van der Waals surface area contributed by atoms with Crippen LogP contribution in [0.1, 0.15) is 12.5 Å². The lowest BCUT2D eigenvalue weighted by Gasteiger charge is -2.19. The first-order chi connectivity index (χ1) is 12.6. The van der Waals surface area contributed by atoms with Gasteiger partial charge in [0.05, 0.1) is 17.4 Å². The Balaban J connectivity index is 2.17. The van der Waals surface area contributed by atoms with E-state index in [1.165, 1.54) is 22.5 Å². The van der Waals surface area contributed by atoms with E-state index in [0.29, 0.717) is 29.5 Å². The quantitative estimate of drug-likeness (QED) is 0.517. The van der Waals surface area contributed by atoms with Crippen LogP contribution in [-0.2, 0) is 13.0 Å². The minimum Gasteiger partial charge on any atom is -0.397 e. The minimum atomic E-state index is -5.72. The first kappa shape index (κ1) is 19.3. The number of pyridine rings is 2. The van der Waals surface area contributed by atoms with Crippen molar-refractivity contribution in [2.45, 2.75) is 23.9 Å². The van der Waals surface area contributed by atoms with Crippen LogP contribution >= 0.6 is 11.8 Å². The SMILES string of the molecule is CCSc1cc(N)cnc1-c1nc2cc(C(F)(F)C(F)(F)F)cnc2n1C. The first-order valence-corrected chi connectivity index (χ1v) is 8.71. The van der Waals surface area contributed by atoms with Gasteiger partial charge in [0.25, 0.3) is 0 Å². The van der Waals surface area contributed by atoms with Gasteiger partial charge in [0.2, 0.25) is 0 Å². The summed E-state index contributed by atoms with van der Waals surface area (Å²) in [6.07, 6.45) is -3.78. The molecule has 0 aliphatic carbocycles. The van der Waals surface area contributed by atoms with Crippen molar-refractivity contribution < 1.29 is 22.0 Å². The Bertz CT molecular complexity index is 999. The van der Waals surface area contributed by atoms with Gasteiger partial charge in [-0.2, -0.15) is 22.0 Å². The lowest BCUT2D eigenvalue weighted by Crippen LogP contribution is -2.33. The summed E-state index contributed by atoms with van der Waals surface area (Å²) in [5.41, 5.74) is 5.46. The van der Waals surface area contributed by atoms with Gasteiger partial charge in [-0.25, -0.2) is 15.0 Å². The average molecular weight is 403 g/mol. The predicted octanol–water partition coefficient (Wildman–Crippen LogP) is 4.38. The lowest BCUT2D eigenvalue weighted by atomic mass is 10.1. The maximum absolute atomic E-state index is 13.6. The van der Waals surface area contributed by atoms with Crippen LogP contribution in [0.2, 0.25) is 0 Å². The summed E-state index contributed by atoms with van der Waals surface area (Å²) in [6, 6.07) is 2.40. The van der Waals surface area contributed by atoms with Crippen molar-refractivity contribution in [3.8, 4) is 11.5 Å². The molecule has 0 bridgehead atoms. The summed E-state index contributed by atoms with van der Waals surface area (Å²) in [5.74, 6) is -4.00. The maximum atomic E-state index is 13.6. The molecule has 3 rings (SSSR count). The molecule has 3 aromatic rings. The molecule has 0 saturated carbocycles. The molecule has 0 atom stereocenters. The number of nitrogens with zero attached hydrogens (tertiary/aromatic N) is 4. The highest BCUT2D eigenvalue weighted by molar-refractivity contribution is 7.99. The standard InChI is InChI=1S/C16H14F5N5S/c1-3-27-11-5-9(22)7-23-12(11)14-25-10-4-8(6-24-13(10)26(14)2)15(17,18)16(19,20)21/h4-7H,3,22H2,1-2H3. The van der Waals surface area contributed by atoms with Crippen molar-refractivity contribution in [2.24, 2.45) is 7.05 Å². The Morgan fingerprint density at radius 3 is 2.44 bits per heavy atom. The van der Waals surface area contributed by atoms with Gasteiger partial charge in [0.15, 0.2) is 11.5 Å². The normalized spacial score (nSPS) is 12.7. The van der Waals surface area contributed by atoms with E-state index in [-0.39, 0.29) is 11.2 Å². The van der Waals surface area contributed by atoms with Crippen molar-refractivity contribution in [3.63, 3.8) is 0 Å². The zero-order valence-corrected chi connectivity index (χ0v) is 15.0. The van der Waals surface area contributed by atoms with Crippen molar-refractivity contribution in [3.05, 3.63) is 30.1 Å². The van der Waals surface area contributed by atoms with Gasteiger partial charge in [-0.15, -0.1) is 11.8 Å². The molecule has 27 heavy (non-hydrogen) atoms. The number of aromatic nitrogens is 4. The molecule has 0 fully saturated rings. The number of hydrogen-bond donors (Lipinski definition) is 1. The Hall–Kier alpha value is -2.43. The summed E-state index contributed by atoms with van der Waals surface area (Å²) >= 11 is 1.46. The minimum absolute atomic E-state index is 0.0833. The van der Waals surface area contributed by atoms with Gasteiger partial charge in [0, 0.05) is 18.1 Å². The lowest BCUT2D eigenvalue weighted by molar-refractivity contribution is -0.289. The zero-order chi connectivity index (χ0) is 20.0. The second kappa shape index (κ2) is 6.63. The third kappa shape index (κ3) is 3.31. The molecule has 0 radical (unpaired) electrons. The van der Waals surface area contributed by atoms with Crippen molar-refractivity contribution in [2.75, 3.05) is 11.5 Å². The number of alkyl halides is 5. The van der Waals surface area contributed by atoms with Crippen LogP contribution in [0.5, 0.6) is 0 Å². The van der Waals surface area contributed by atoms with Crippen LogP contribution in [0, 0.1) is 0 Å². The number of fused-ring (bicyclic) bond motifs is 1. The van der Waals surface area contributed by atoms with E-state index in [1.807, 2.05) is 6.92 Å². The van der Waals surface area contributed by atoms with Crippen LogP contribution in [0.15, 0.2) is 29.4 Å². The van der Waals surface area contributed by atoms with Crippen LogP contribution in [0.25, 0.3) is 22.7 Å². The molecule has 3 aromatic heterocycles. The number of thioether (sulfide) groups is 1. The van der Waals surface area contributed by atoms with E-state index in [9.17, 15) is 22.0 Å². The zero-order valence-electron chi connectivity index (χ0n) is 14.2. The fourth-order valence-electron chi connectivity index (χ4n) is 2.52. The highest BCUT2D eigenvalue weighted by atomic mass is 32.2. The second-order valence-corrected chi connectivity index (χ2v) is 6.99. The fraction of sp³-hybridized carbons (Fsp3) is 0.312. The molecule has 11 heteroatoms. The Morgan fingerprint density at radius 1 is 1.11 bits per heavy atom. The third-order valence-electron chi connectivity index (χ3n) is 3.81. The molecule has 0 aromatic carbocycles. The topological polar surface area (TPSA) is 69.6 Å². The highest BCUT2D eigenvalue weighted by Gasteiger charge is 2.59. The number of nitrogens with two attached hydrogens (primary N) is 1. The average Bonchev–Trinajstić information content (AvgIpc) is 2.90. The summed E-state index contributed by atoms with van der Waals surface area (Å²) in [6.45, 7) is 1.93. The highest BCUT2D eigenvalue weighted by Crippen LogP contribution is 2.44. The number of imidazole rings is 1. The van der Waals surface area contributed by atoms with E-state index in [1.54, 1.807) is 13.1 Å². The number of hydrogen-bond acceptors (Lipinski definition) is 5. The van der Waals surface area contributed by atoms with Crippen LogP contribution in [0.4, 0.5) is 27.6 Å². The molecule has 0 spiro atoms. The molecular formula is C16H14F5N5S. The molecule has 0 aliphatic heterocycles.